The standard InChI is InChI=1S/C15H26F3N.C8H6F3NO.C2H6/c1-12-4-6-14(7-5-12)10-19(11-14)9-8-13(2,3)15(16,17)18;9-6-1-5(8(10)11)2-7(3-6)12-4-13;1-2/h12H,4-11H2,1-3H3;1-4,8H,(H,12,13);1-2H3. The van der Waals surface area contributed by atoms with Crippen molar-refractivity contribution in [3.05, 3.63) is 29.6 Å². The van der Waals surface area contributed by atoms with E-state index in [9.17, 15) is 31.1 Å². The Morgan fingerprint density at radius 2 is 1.68 bits per heavy atom. The summed E-state index contributed by atoms with van der Waals surface area (Å²) in [7, 11) is 0. The summed E-state index contributed by atoms with van der Waals surface area (Å²) in [6.45, 7) is 11.6. The molecule has 0 aromatic heterocycles. The zero-order valence-electron chi connectivity index (χ0n) is 20.7. The van der Waals surface area contributed by atoms with Crippen LogP contribution in [0.2, 0.25) is 0 Å². The zero-order valence-corrected chi connectivity index (χ0v) is 20.7. The minimum atomic E-state index is -4.09. The maximum absolute atomic E-state index is 12.8. The van der Waals surface area contributed by atoms with E-state index in [1.807, 2.05) is 13.8 Å². The normalized spacial score (nSPS) is 18.4. The van der Waals surface area contributed by atoms with E-state index in [4.69, 9.17) is 0 Å². The fourth-order valence-corrected chi connectivity index (χ4v) is 4.22. The molecule has 196 valence electrons. The van der Waals surface area contributed by atoms with Crippen molar-refractivity contribution in [2.24, 2.45) is 16.7 Å². The molecule has 1 saturated carbocycles. The molecule has 0 unspecified atom stereocenters. The van der Waals surface area contributed by atoms with Crippen LogP contribution in [0.1, 0.15) is 78.7 Å². The van der Waals surface area contributed by atoms with Crippen molar-refractivity contribution in [2.75, 3.05) is 25.0 Å². The fourth-order valence-electron chi connectivity index (χ4n) is 4.22. The van der Waals surface area contributed by atoms with Crippen LogP contribution in [0.3, 0.4) is 0 Å². The summed E-state index contributed by atoms with van der Waals surface area (Å²) in [5.74, 6) is 0.0333. The van der Waals surface area contributed by atoms with Crippen molar-refractivity contribution < 1.29 is 31.1 Å². The van der Waals surface area contributed by atoms with E-state index in [0.717, 1.165) is 37.2 Å². The molecule has 1 spiro atoms. The zero-order chi connectivity index (χ0) is 26.2. The maximum Gasteiger partial charge on any atom is 0.394 e. The first kappa shape index (κ1) is 30.3. The van der Waals surface area contributed by atoms with E-state index in [-0.39, 0.29) is 12.1 Å². The number of hydrogen-bond donors (Lipinski definition) is 1. The molecule has 34 heavy (non-hydrogen) atoms. The number of nitrogens with zero attached hydrogens (tertiary/aromatic N) is 1. The second kappa shape index (κ2) is 12.8. The average Bonchev–Trinajstić information content (AvgIpc) is 2.73. The van der Waals surface area contributed by atoms with Crippen LogP contribution in [0.25, 0.3) is 0 Å². The lowest BCUT2D eigenvalue weighted by Crippen LogP contribution is -2.58. The van der Waals surface area contributed by atoms with Gasteiger partial charge in [-0.25, -0.2) is 13.2 Å². The van der Waals surface area contributed by atoms with Gasteiger partial charge in [-0.3, -0.25) is 4.79 Å². The van der Waals surface area contributed by atoms with Crippen LogP contribution < -0.4 is 5.32 Å². The molecule has 1 aliphatic heterocycles. The predicted molar refractivity (Wildman–Crippen MR) is 123 cm³/mol. The van der Waals surface area contributed by atoms with Crippen LogP contribution in [-0.2, 0) is 4.79 Å². The van der Waals surface area contributed by atoms with Crippen molar-refractivity contribution in [2.45, 2.75) is 79.3 Å². The van der Waals surface area contributed by atoms with E-state index >= 15 is 0 Å². The lowest BCUT2D eigenvalue weighted by Gasteiger charge is -2.54. The molecule has 1 saturated heterocycles. The SMILES string of the molecule is CC.CC1CCC2(CC1)CN(CCC(C)(C)C(F)(F)F)C2.O=CNc1cc(F)cc(C(F)F)c1. The molecular weight excluding hydrogens is 458 g/mol. The molecule has 2 fully saturated rings. The third kappa shape index (κ3) is 8.78. The molecule has 3 rings (SSSR count). The molecule has 3 nitrogen and oxygen atoms in total. The minimum Gasteiger partial charge on any atom is -0.329 e. The lowest BCUT2D eigenvalue weighted by atomic mass is 9.66. The van der Waals surface area contributed by atoms with Crippen LogP contribution in [0.5, 0.6) is 0 Å². The van der Waals surface area contributed by atoms with E-state index in [0.29, 0.717) is 18.4 Å². The van der Waals surface area contributed by atoms with Gasteiger partial charge in [0.25, 0.3) is 6.43 Å². The van der Waals surface area contributed by atoms with Gasteiger partial charge in [0.05, 0.1) is 5.41 Å². The molecule has 1 heterocycles. The second-order valence-corrected chi connectivity index (χ2v) is 9.86. The number of carbonyl (C=O) groups is 1. The smallest absolute Gasteiger partial charge is 0.329 e. The molecule has 0 radical (unpaired) electrons. The third-order valence-electron chi connectivity index (χ3n) is 6.67. The summed E-state index contributed by atoms with van der Waals surface area (Å²) in [5.41, 5.74) is -1.54. The van der Waals surface area contributed by atoms with Crippen LogP contribution in [0.15, 0.2) is 18.2 Å². The van der Waals surface area contributed by atoms with E-state index in [1.165, 1.54) is 39.5 Å². The van der Waals surface area contributed by atoms with Crippen LogP contribution in [-0.4, -0.2) is 37.1 Å². The van der Waals surface area contributed by atoms with Gasteiger partial charge in [0.1, 0.15) is 5.82 Å². The number of amides is 1. The highest BCUT2D eigenvalue weighted by Gasteiger charge is 2.49. The fraction of sp³-hybridized carbons (Fsp3) is 0.720. The molecule has 1 N–H and O–H groups in total. The van der Waals surface area contributed by atoms with Crippen molar-refractivity contribution >= 4 is 12.1 Å². The summed E-state index contributed by atoms with van der Waals surface area (Å²) in [4.78, 5) is 12.2. The summed E-state index contributed by atoms with van der Waals surface area (Å²) in [6, 6.07) is 2.70. The Hall–Kier alpha value is -1.77. The number of carbonyl (C=O) groups excluding carboxylic acids is 1. The van der Waals surface area contributed by atoms with Crippen molar-refractivity contribution in [1.29, 1.82) is 0 Å². The Bertz CT molecular complexity index is 750. The summed E-state index contributed by atoms with van der Waals surface area (Å²) >= 11 is 0. The molecule has 2 aliphatic rings. The first-order valence-corrected chi connectivity index (χ1v) is 11.8. The molecule has 1 amide bonds. The number of hydrogen-bond acceptors (Lipinski definition) is 2. The van der Waals surface area contributed by atoms with Gasteiger partial charge in [-0.1, -0.05) is 47.5 Å². The van der Waals surface area contributed by atoms with Crippen LogP contribution >= 0.6 is 0 Å². The Kier molecular flexibility index (Phi) is 11.4. The van der Waals surface area contributed by atoms with Crippen molar-refractivity contribution in [1.82, 2.24) is 4.90 Å². The quantitative estimate of drug-likeness (QED) is 0.321. The Balaban J connectivity index is 0.000000337. The van der Waals surface area contributed by atoms with E-state index < -0.39 is 29.4 Å². The number of nitrogens with one attached hydrogen (secondary N) is 1. The van der Waals surface area contributed by atoms with Gasteiger partial charge in [-0.2, -0.15) is 13.2 Å². The summed E-state index contributed by atoms with van der Waals surface area (Å²) < 4.78 is 75.1. The highest BCUT2D eigenvalue weighted by molar-refractivity contribution is 5.71. The molecule has 9 heteroatoms. The van der Waals surface area contributed by atoms with Crippen LogP contribution in [0.4, 0.5) is 32.0 Å². The third-order valence-corrected chi connectivity index (χ3v) is 6.67. The Labute approximate surface area is 199 Å². The molecule has 1 aromatic rings. The first-order chi connectivity index (χ1) is 15.8. The highest BCUT2D eigenvalue weighted by Crippen LogP contribution is 2.46. The molecular formula is C25H38F6N2O. The molecule has 1 aliphatic carbocycles. The average molecular weight is 497 g/mol. The van der Waals surface area contributed by atoms with Gasteiger partial charge in [-0.05, 0) is 55.3 Å². The minimum absolute atomic E-state index is 0.0188. The van der Waals surface area contributed by atoms with Gasteiger partial charge in [0.2, 0.25) is 6.41 Å². The highest BCUT2D eigenvalue weighted by atomic mass is 19.4. The van der Waals surface area contributed by atoms with Gasteiger partial charge in [-0.15, -0.1) is 0 Å². The number of alkyl halides is 5. The van der Waals surface area contributed by atoms with Crippen molar-refractivity contribution in [3.8, 4) is 0 Å². The molecule has 0 atom stereocenters. The second-order valence-electron chi connectivity index (χ2n) is 9.86. The summed E-state index contributed by atoms with van der Waals surface area (Å²) in [6.07, 6.45) is -1.20. The van der Waals surface area contributed by atoms with Crippen molar-refractivity contribution in [3.63, 3.8) is 0 Å². The van der Waals surface area contributed by atoms with Gasteiger partial charge in [0.15, 0.2) is 0 Å². The number of benzene rings is 1. The summed E-state index contributed by atoms with van der Waals surface area (Å²) in [5, 5.41) is 2.09. The molecule has 1 aromatic carbocycles. The van der Waals surface area contributed by atoms with Crippen LogP contribution in [0, 0.1) is 22.6 Å². The van der Waals surface area contributed by atoms with Gasteiger partial charge >= 0.3 is 6.18 Å². The van der Waals surface area contributed by atoms with Gasteiger partial charge in [0, 0.05) is 24.3 Å². The van der Waals surface area contributed by atoms with E-state index in [2.05, 4.69) is 17.1 Å². The number of likely N-dealkylation sites (tertiary alicyclic amines) is 1. The monoisotopic (exact) mass is 496 g/mol. The number of anilines is 1. The lowest BCUT2D eigenvalue weighted by molar-refractivity contribution is -0.216. The number of rotatable bonds is 6. The molecule has 0 bridgehead atoms. The number of halogens is 6. The Morgan fingerprint density at radius 3 is 2.15 bits per heavy atom. The largest absolute Gasteiger partial charge is 0.394 e. The van der Waals surface area contributed by atoms with Gasteiger partial charge < -0.3 is 10.2 Å². The predicted octanol–water partition coefficient (Wildman–Crippen LogP) is 7.83. The maximum atomic E-state index is 12.8. The topological polar surface area (TPSA) is 32.3 Å². The Morgan fingerprint density at radius 1 is 1.12 bits per heavy atom. The van der Waals surface area contributed by atoms with E-state index in [1.54, 1.807) is 0 Å². The first-order valence-electron chi connectivity index (χ1n) is 11.8.